The highest BCUT2D eigenvalue weighted by atomic mass is 19.1. The minimum absolute atomic E-state index is 0.0296. The minimum Gasteiger partial charge on any atom is -0.478 e. The number of aldehydes is 1. The number of alkyl carbamates (subject to hydrolysis) is 1. The number of fused-ring (bicyclic) bond motifs is 4. The molecule has 10 nitrogen and oxygen atoms in total. The second kappa shape index (κ2) is 11.1. The van der Waals surface area contributed by atoms with Gasteiger partial charge in [-0.15, -0.1) is 0 Å². The molecule has 2 N–H and O–H groups in total. The predicted octanol–water partition coefficient (Wildman–Crippen LogP) is 4.45. The number of carbonyl (C=O) groups excluding carboxylic acids is 2. The van der Waals surface area contributed by atoms with Gasteiger partial charge in [-0.25, -0.2) is 19.0 Å². The molecule has 1 aliphatic heterocycles. The normalized spacial score (nSPS) is 16.4. The largest absolute Gasteiger partial charge is 0.478 e. The second-order valence-corrected chi connectivity index (χ2v) is 10.8. The number of halogens is 1. The maximum Gasteiger partial charge on any atom is 0.408 e. The zero-order chi connectivity index (χ0) is 30.5. The van der Waals surface area contributed by atoms with E-state index in [1.54, 1.807) is 17.6 Å². The predicted molar refractivity (Wildman–Crippen MR) is 152 cm³/mol. The highest BCUT2D eigenvalue weighted by Gasteiger charge is 2.36. The van der Waals surface area contributed by atoms with Gasteiger partial charge in [0.25, 0.3) is 5.56 Å². The van der Waals surface area contributed by atoms with E-state index in [-0.39, 0.29) is 24.3 Å². The first kappa shape index (κ1) is 29.1. The standard InChI is InChI=1S/C31H32FN3O7/c1-6-17(12-36)19-9-25-28-20(11-35(25)29(37)21(19)13-41-5)27-23(34-31(40)42-16(4)14(2)30(38)39)8-7-18-15(3)22(32)10-24(33-28)26(18)27/h9-10,12,16-17,23H,2,6-8,11,13H2,1,3-5H3,(H,34,40)(H,38,39). The lowest BCUT2D eigenvalue weighted by molar-refractivity contribution is -0.133. The zero-order valence-corrected chi connectivity index (χ0v) is 23.9. The summed E-state index contributed by atoms with van der Waals surface area (Å²) in [6, 6.07) is 2.57. The van der Waals surface area contributed by atoms with Crippen LogP contribution < -0.4 is 10.9 Å². The van der Waals surface area contributed by atoms with Crippen molar-refractivity contribution in [3.63, 3.8) is 0 Å². The molecule has 0 saturated carbocycles. The number of rotatable bonds is 9. The van der Waals surface area contributed by atoms with Crippen LogP contribution in [0.5, 0.6) is 0 Å². The number of aromatic nitrogens is 2. The van der Waals surface area contributed by atoms with Gasteiger partial charge >= 0.3 is 12.1 Å². The molecule has 0 spiro atoms. The quantitative estimate of drug-likeness (QED) is 0.220. The molecule has 5 rings (SSSR count). The molecule has 0 fully saturated rings. The summed E-state index contributed by atoms with van der Waals surface area (Å²) >= 11 is 0. The van der Waals surface area contributed by atoms with Crippen molar-refractivity contribution in [1.82, 2.24) is 14.9 Å². The highest BCUT2D eigenvalue weighted by molar-refractivity contribution is 5.93. The molecule has 1 aliphatic carbocycles. The number of carboxylic acids is 1. The van der Waals surface area contributed by atoms with Crippen LogP contribution >= 0.6 is 0 Å². The van der Waals surface area contributed by atoms with Crippen LogP contribution in [-0.2, 0) is 38.6 Å². The summed E-state index contributed by atoms with van der Waals surface area (Å²) in [5.41, 5.74) is 4.44. The van der Waals surface area contributed by atoms with Crippen molar-refractivity contribution in [3.05, 3.63) is 73.8 Å². The van der Waals surface area contributed by atoms with Crippen LogP contribution in [0.1, 0.15) is 72.0 Å². The van der Waals surface area contributed by atoms with Gasteiger partial charge in [0.2, 0.25) is 0 Å². The number of benzene rings is 1. The third-order valence-corrected chi connectivity index (χ3v) is 8.40. The summed E-state index contributed by atoms with van der Waals surface area (Å²) < 4.78 is 27.3. The van der Waals surface area contributed by atoms with Crippen LogP contribution in [-0.4, -0.2) is 46.2 Å². The fourth-order valence-electron chi connectivity index (χ4n) is 6.10. The van der Waals surface area contributed by atoms with Gasteiger partial charge in [0, 0.05) is 35.6 Å². The first-order valence-corrected chi connectivity index (χ1v) is 13.8. The van der Waals surface area contributed by atoms with Crippen molar-refractivity contribution < 1.29 is 33.4 Å². The number of carboxylic acid groups (broad SMARTS) is 1. The van der Waals surface area contributed by atoms with Crippen LogP contribution in [0, 0.1) is 12.7 Å². The third-order valence-electron chi connectivity index (χ3n) is 8.40. The Hall–Kier alpha value is -4.38. The molecule has 0 radical (unpaired) electrons. The highest BCUT2D eigenvalue weighted by Crippen LogP contribution is 2.45. The van der Waals surface area contributed by atoms with E-state index in [9.17, 15) is 24.3 Å². The summed E-state index contributed by atoms with van der Waals surface area (Å²) in [4.78, 5) is 54.8. The number of ether oxygens (including phenoxy) is 2. The molecular weight excluding hydrogens is 545 g/mol. The van der Waals surface area contributed by atoms with Crippen LogP contribution in [0.25, 0.3) is 22.3 Å². The number of carbonyl (C=O) groups is 3. The van der Waals surface area contributed by atoms with Gasteiger partial charge in [-0.2, -0.15) is 0 Å². The van der Waals surface area contributed by atoms with Gasteiger partial charge in [0.05, 0.1) is 41.7 Å². The monoisotopic (exact) mass is 577 g/mol. The lowest BCUT2D eigenvalue weighted by Gasteiger charge is -2.30. The maximum absolute atomic E-state index is 15.1. The van der Waals surface area contributed by atoms with Crippen molar-refractivity contribution in [3.8, 4) is 11.4 Å². The molecule has 3 aromatic rings. The van der Waals surface area contributed by atoms with Crippen molar-refractivity contribution >= 4 is 29.3 Å². The Morgan fingerprint density at radius 2 is 2.07 bits per heavy atom. The SMILES string of the molecule is C=C(C(=O)O)C(C)OC(=O)NC1CCc2c(C)c(F)cc3nc4c(c1c23)Cn1c-4cc(C(C=O)CC)c(COC)c1=O. The Labute approximate surface area is 241 Å². The van der Waals surface area contributed by atoms with Gasteiger partial charge in [0.15, 0.2) is 0 Å². The zero-order valence-electron chi connectivity index (χ0n) is 23.9. The molecule has 3 unspecified atom stereocenters. The Bertz CT molecular complexity index is 1730. The van der Waals surface area contributed by atoms with Crippen molar-refractivity contribution in [2.24, 2.45) is 0 Å². The maximum atomic E-state index is 15.1. The molecule has 1 amide bonds. The average molecular weight is 578 g/mol. The van der Waals surface area contributed by atoms with Gasteiger partial charge in [-0.1, -0.05) is 13.5 Å². The summed E-state index contributed by atoms with van der Waals surface area (Å²) in [6.07, 6.45) is 0.284. The van der Waals surface area contributed by atoms with E-state index in [4.69, 9.17) is 14.5 Å². The first-order valence-electron chi connectivity index (χ1n) is 13.8. The third kappa shape index (κ3) is 4.67. The smallest absolute Gasteiger partial charge is 0.408 e. The molecular formula is C31H32FN3O7. The molecule has 11 heteroatoms. The second-order valence-electron chi connectivity index (χ2n) is 10.8. The molecule has 0 bridgehead atoms. The number of hydrogen-bond acceptors (Lipinski definition) is 7. The number of methoxy groups -OCH3 is 1. The van der Waals surface area contributed by atoms with Crippen molar-refractivity contribution in [2.75, 3.05) is 7.11 Å². The summed E-state index contributed by atoms with van der Waals surface area (Å²) in [5.74, 6) is -2.19. The van der Waals surface area contributed by atoms with Crippen LogP contribution in [0.2, 0.25) is 0 Å². The van der Waals surface area contributed by atoms with Crippen LogP contribution in [0.3, 0.4) is 0 Å². The van der Waals surface area contributed by atoms with E-state index in [0.717, 1.165) is 11.8 Å². The molecule has 2 aromatic heterocycles. The Morgan fingerprint density at radius 1 is 1.33 bits per heavy atom. The Morgan fingerprint density at radius 3 is 2.71 bits per heavy atom. The van der Waals surface area contributed by atoms with E-state index in [1.165, 1.54) is 20.1 Å². The minimum atomic E-state index is -1.27. The summed E-state index contributed by atoms with van der Waals surface area (Å²) in [6.45, 7) is 8.62. The number of amides is 1. The average Bonchev–Trinajstić information content (AvgIpc) is 3.32. The number of pyridine rings is 2. The van der Waals surface area contributed by atoms with E-state index >= 15 is 4.39 Å². The van der Waals surface area contributed by atoms with E-state index in [0.29, 0.717) is 69.4 Å². The van der Waals surface area contributed by atoms with Gasteiger partial charge in [-0.3, -0.25) is 4.79 Å². The number of nitrogens with one attached hydrogen (secondary N) is 1. The number of nitrogens with zero attached hydrogens (tertiary/aromatic N) is 2. The molecule has 220 valence electrons. The topological polar surface area (TPSA) is 137 Å². The first-order chi connectivity index (χ1) is 20.0. The van der Waals surface area contributed by atoms with Crippen LogP contribution in [0.15, 0.2) is 29.1 Å². The number of aryl methyl sites for hydroxylation is 1. The number of aliphatic carboxylic acids is 1. The van der Waals surface area contributed by atoms with E-state index in [2.05, 4.69) is 11.9 Å². The Balaban J connectivity index is 1.69. The Kier molecular flexibility index (Phi) is 7.72. The summed E-state index contributed by atoms with van der Waals surface area (Å²) in [5, 5.41) is 12.8. The fourth-order valence-corrected chi connectivity index (χ4v) is 6.10. The van der Waals surface area contributed by atoms with Gasteiger partial charge < -0.3 is 29.3 Å². The van der Waals surface area contributed by atoms with E-state index in [1.807, 2.05) is 6.92 Å². The van der Waals surface area contributed by atoms with Gasteiger partial charge in [0.1, 0.15) is 18.2 Å². The fraction of sp³-hybridized carbons (Fsp3) is 0.387. The van der Waals surface area contributed by atoms with Crippen LogP contribution in [0.4, 0.5) is 9.18 Å². The summed E-state index contributed by atoms with van der Waals surface area (Å²) in [7, 11) is 1.48. The molecule has 42 heavy (non-hydrogen) atoms. The van der Waals surface area contributed by atoms with Gasteiger partial charge in [-0.05, 0) is 61.4 Å². The van der Waals surface area contributed by atoms with Crippen molar-refractivity contribution in [2.45, 2.75) is 71.2 Å². The lowest BCUT2D eigenvalue weighted by atomic mass is 9.82. The molecule has 3 heterocycles. The molecule has 1 aromatic carbocycles. The van der Waals surface area contributed by atoms with Crippen molar-refractivity contribution in [1.29, 1.82) is 0 Å². The molecule has 3 atom stereocenters. The molecule has 2 aliphatic rings. The van der Waals surface area contributed by atoms with E-state index < -0.39 is 35.9 Å². The number of hydrogen-bond donors (Lipinski definition) is 2. The lowest BCUT2D eigenvalue weighted by Crippen LogP contribution is -2.35. The molecule has 0 saturated heterocycles.